The second-order valence-electron chi connectivity index (χ2n) is 6.85. The van der Waals surface area contributed by atoms with Gasteiger partial charge in [0.05, 0.1) is 18.5 Å². The number of hydrogen-bond donors (Lipinski definition) is 0. The van der Waals surface area contributed by atoms with Crippen molar-refractivity contribution < 1.29 is 17.9 Å². The number of esters is 1. The summed E-state index contributed by atoms with van der Waals surface area (Å²) in [4.78, 5) is 12.5. The minimum atomic E-state index is -3.80. The molecule has 0 amide bonds. The van der Waals surface area contributed by atoms with Gasteiger partial charge in [-0.25, -0.2) is 8.42 Å². The lowest BCUT2D eigenvalue weighted by Crippen LogP contribution is -2.46. The van der Waals surface area contributed by atoms with E-state index in [1.807, 2.05) is 0 Å². The highest BCUT2D eigenvalue weighted by Gasteiger charge is 2.52. The molecule has 0 aromatic carbocycles. The summed E-state index contributed by atoms with van der Waals surface area (Å²) >= 11 is 0. The first-order valence-electron chi connectivity index (χ1n) is 8.40. The molecule has 24 heavy (non-hydrogen) atoms. The molecule has 2 fully saturated rings. The number of carbonyl (C=O) groups excluding carboxylic acids is 1. The van der Waals surface area contributed by atoms with Crippen LogP contribution in [-0.4, -0.2) is 47.7 Å². The highest BCUT2D eigenvalue weighted by Crippen LogP contribution is 2.43. The van der Waals surface area contributed by atoms with Crippen molar-refractivity contribution in [1.82, 2.24) is 14.1 Å². The van der Waals surface area contributed by atoms with E-state index in [1.54, 1.807) is 25.6 Å². The van der Waals surface area contributed by atoms with E-state index in [-0.39, 0.29) is 16.9 Å². The molecular formula is C16H25N3O4S. The minimum absolute atomic E-state index is 0.119. The summed E-state index contributed by atoms with van der Waals surface area (Å²) in [5.41, 5.74) is 1.06. The first-order chi connectivity index (χ1) is 11.3. The van der Waals surface area contributed by atoms with E-state index >= 15 is 0 Å². The fraction of sp³-hybridized carbons (Fsp3) is 0.750. The summed E-state index contributed by atoms with van der Waals surface area (Å²) in [7, 11) is -0.761. The van der Waals surface area contributed by atoms with Gasteiger partial charge in [-0.3, -0.25) is 9.48 Å². The maximum Gasteiger partial charge on any atom is 0.324 e. The molecule has 2 aliphatic rings. The molecule has 0 N–H and O–H groups in total. The summed E-state index contributed by atoms with van der Waals surface area (Å²) in [6.07, 6.45) is 4.40. The number of fused-ring (bicyclic) bond motifs is 1. The van der Waals surface area contributed by atoms with E-state index in [0.29, 0.717) is 17.8 Å². The second kappa shape index (κ2) is 6.15. The number of aryl methyl sites for hydroxylation is 2. The smallest absolute Gasteiger partial charge is 0.324 e. The summed E-state index contributed by atoms with van der Waals surface area (Å²) in [6.45, 7) is 3.44. The highest BCUT2D eigenvalue weighted by atomic mass is 32.2. The van der Waals surface area contributed by atoms with E-state index in [1.165, 1.54) is 11.4 Å². The van der Waals surface area contributed by atoms with Crippen LogP contribution in [0.15, 0.2) is 4.90 Å². The summed E-state index contributed by atoms with van der Waals surface area (Å²) in [5, 5.41) is 4.24. The first-order valence-corrected chi connectivity index (χ1v) is 9.84. The van der Waals surface area contributed by atoms with Gasteiger partial charge in [-0.15, -0.1) is 0 Å². The molecule has 1 aliphatic carbocycles. The van der Waals surface area contributed by atoms with Crippen LogP contribution in [0.5, 0.6) is 0 Å². The number of aromatic nitrogens is 2. The van der Waals surface area contributed by atoms with E-state index in [4.69, 9.17) is 4.74 Å². The van der Waals surface area contributed by atoms with Crippen LogP contribution in [0.1, 0.15) is 43.5 Å². The molecule has 0 radical (unpaired) electrons. The van der Waals surface area contributed by atoms with E-state index in [2.05, 4.69) is 5.10 Å². The van der Waals surface area contributed by atoms with Crippen molar-refractivity contribution in [2.24, 2.45) is 13.0 Å². The third kappa shape index (κ3) is 2.56. The number of sulfonamides is 1. The Bertz CT molecular complexity index is 756. The van der Waals surface area contributed by atoms with Crippen LogP contribution in [0.3, 0.4) is 0 Å². The molecule has 3 unspecified atom stereocenters. The monoisotopic (exact) mass is 355 g/mol. The lowest BCUT2D eigenvalue weighted by atomic mass is 9.85. The van der Waals surface area contributed by atoms with Crippen molar-refractivity contribution in [3.8, 4) is 0 Å². The molecule has 3 atom stereocenters. The van der Waals surface area contributed by atoms with Gasteiger partial charge in [-0.05, 0) is 39.0 Å². The fourth-order valence-electron chi connectivity index (χ4n) is 4.33. The van der Waals surface area contributed by atoms with E-state index in [0.717, 1.165) is 25.7 Å². The largest absolute Gasteiger partial charge is 0.468 e. The van der Waals surface area contributed by atoms with Crippen molar-refractivity contribution >= 4 is 16.0 Å². The molecule has 134 valence electrons. The van der Waals surface area contributed by atoms with E-state index < -0.39 is 22.0 Å². The van der Waals surface area contributed by atoms with Gasteiger partial charge in [0.25, 0.3) is 0 Å². The number of rotatable bonds is 3. The van der Waals surface area contributed by atoms with Gasteiger partial charge >= 0.3 is 5.97 Å². The second-order valence-corrected chi connectivity index (χ2v) is 8.63. The van der Waals surface area contributed by atoms with Gasteiger partial charge in [0.1, 0.15) is 10.9 Å². The molecule has 1 aliphatic heterocycles. The Hall–Kier alpha value is -1.41. The Labute approximate surface area is 143 Å². The average molecular weight is 355 g/mol. The zero-order valence-corrected chi connectivity index (χ0v) is 15.5. The third-order valence-electron chi connectivity index (χ3n) is 5.48. The molecule has 1 aromatic heterocycles. The van der Waals surface area contributed by atoms with Crippen molar-refractivity contribution in [3.05, 3.63) is 11.4 Å². The number of nitrogens with zero attached hydrogens (tertiary/aromatic N) is 3. The van der Waals surface area contributed by atoms with Crippen LogP contribution in [0, 0.1) is 19.8 Å². The molecule has 1 saturated heterocycles. The molecular weight excluding hydrogens is 330 g/mol. The molecule has 1 saturated carbocycles. The van der Waals surface area contributed by atoms with Crippen molar-refractivity contribution in [2.45, 2.75) is 62.9 Å². The maximum absolute atomic E-state index is 13.4. The number of carbonyl (C=O) groups is 1. The average Bonchev–Trinajstić information content (AvgIpc) is 3.05. The van der Waals surface area contributed by atoms with Gasteiger partial charge in [-0.2, -0.15) is 9.40 Å². The lowest BCUT2D eigenvalue weighted by Gasteiger charge is -2.32. The van der Waals surface area contributed by atoms with Crippen molar-refractivity contribution in [1.29, 1.82) is 0 Å². The molecule has 0 spiro atoms. The molecule has 7 nitrogen and oxygen atoms in total. The normalized spacial score (nSPS) is 27.9. The summed E-state index contributed by atoms with van der Waals surface area (Å²) < 4.78 is 34.8. The predicted octanol–water partition coefficient (Wildman–Crippen LogP) is 1.53. The molecule has 2 heterocycles. The Kier molecular flexibility index (Phi) is 4.46. The molecule has 8 heteroatoms. The Morgan fingerprint density at radius 3 is 2.50 bits per heavy atom. The Morgan fingerprint density at radius 2 is 1.92 bits per heavy atom. The van der Waals surface area contributed by atoms with Gasteiger partial charge in [0.15, 0.2) is 0 Å². The standard InChI is InChI=1S/C16H25N3O4S/c1-10-15(11(2)18(3)17-10)24(21,22)19-13-8-6-5-7-12(13)9-14(19)16(20)23-4/h12-14H,5-9H2,1-4H3. The van der Waals surface area contributed by atoms with Crippen LogP contribution in [-0.2, 0) is 26.6 Å². The Morgan fingerprint density at radius 1 is 1.25 bits per heavy atom. The van der Waals surface area contributed by atoms with Crippen LogP contribution in [0.25, 0.3) is 0 Å². The maximum atomic E-state index is 13.4. The molecule has 1 aromatic rings. The number of methoxy groups -OCH3 is 1. The topological polar surface area (TPSA) is 81.5 Å². The highest BCUT2D eigenvalue weighted by molar-refractivity contribution is 7.89. The van der Waals surface area contributed by atoms with E-state index in [9.17, 15) is 13.2 Å². The molecule has 3 rings (SSSR count). The fourth-order valence-corrected chi connectivity index (χ4v) is 6.61. The zero-order valence-electron chi connectivity index (χ0n) is 14.7. The van der Waals surface area contributed by atoms with Gasteiger partial charge < -0.3 is 4.74 Å². The van der Waals surface area contributed by atoms with Crippen LogP contribution < -0.4 is 0 Å². The first kappa shape index (κ1) is 17.4. The SMILES string of the molecule is COC(=O)C1CC2CCCCC2N1S(=O)(=O)c1c(C)nn(C)c1C. The van der Waals surface area contributed by atoms with Crippen LogP contribution >= 0.6 is 0 Å². The van der Waals surface area contributed by atoms with Gasteiger partial charge in [0, 0.05) is 13.1 Å². The predicted molar refractivity (Wildman–Crippen MR) is 87.9 cm³/mol. The lowest BCUT2D eigenvalue weighted by molar-refractivity contribution is -0.144. The van der Waals surface area contributed by atoms with Crippen molar-refractivity contribution in [3.63, 3.8) is 0 Å². The van der Waals surface area contributed by atoms with Crippen LogP contribution in [0.4, 0.5) is 0 Å². The molecule has 0 bridgehead atoms. The number of ether oxygens (including phenoxy) is 1. The third-order valence-corrected chi connectivity index (χ3v) is 7.67. The quantitative estimate of drug-likeness (QED) is 0.768. The van der Waals surface area contributed by atoms with Crippen LogP contribution in [0.2, 0.25) is 0 Å². The summed E-state index contributed by atoms with van der Waals surface area (Å²) in [6, 6.07) is -0.848. The van der Waals surface area contributed by atoms with Crippen molar-refractivity contribution in [2.75, 3.05) is 7.11 Å². The van der Waals surface area contributed by atoms with Gasteiger partial charge in [0.2, 0.25) is 10.0 Å². The van der Waals surface area contributed by atoms with Gasteiger partial charge in [-0.1, -0.05) is 12.8 Å². The Balaban J connectivity index is 2.10. The number of hydrogen-bond acceptors (Lipinski definition) is 5. The zero-order chi connectivity index (χ0) is 17.6. The minimum Gasteiger partial charge on any atom is -0.468 e. The summed E-state index contributed by atoms with van der Waals surface area (Å²) in [5.74, 6) is -0.234.